The zero-order chi connectivity index (χ0) is 11.6. The predicted octanol–water partition coefficient (Wildman–Crippen LogP) is 0.600. The molecule has 4 atom stereocenters. The van der Waals surface area contributed by atoms with Crippen molar-refractivity contribution < 1.29 is 19.7 Å². The third-order valence-electron chi connectivity index (χ3n) is 2.32. The van der Waals surface area contributed by atoms with Crippen LogP contribution in [0.3, 0.4) is 0 Å². The van der Waals surface area contributed by atoms with Gasteiger partial charge in [0.25, 0.3) is 0 Å². The monoisotopic (exact) mass is 214 g/mol. The predicted molar refractivity (Wildman–Crippen MR) is 56.2 cm³/mol. The smallest absolute Gasteiger partial charge is 0.164 e. The van der Waals surface area contributed by atoms with Gasteiger partial charge in [0, 0.05) is 0 Å². The summed E-state index contributed by atoms with van der Waals surface area (Å²) in [5.41, 5.74) is 0. The minimum absolute atomic E-state index is 0.620. The van der Waals surface area contributed by atoms with Gasteiger partial charge in [-0.25, -0.2) is 0 Å². The van der Waals surface area contributed by atoms with Gasteiger partial charge in [-0.3, -0.25) is 0 Å². The molecule has 0 radical (unpaired) electrons. The molecule has 0 bridgehead atoms. The maximum atomic E-state index is 9.64. The first-order chi connectivity index (χ1) is 6.91. The molecule has 1 aliphatic rings. The van der Waals surface area contributed by atoms with Gasteiger partial charge in [0.1, 0.15) is 24.4 Å². The Labute approximate surface area is 89.8 Å². The third kappa shape index (κ3) is 2.66. The Bertz CT molecular complexity index is 225. The largest absolute Gasteiger partial charge is 0.386 e. The summed E-state index contributed by atoms with van der Waals surface area (Å²) in [5.74, 6) is -0.816. The van der Waals surface area contributed by atoms with E-state index < -0.39 is 30.2 Å². The van der Waals surface area contributed by atoms with Gasteiger partial charge in [-0.15, -0.1) is 13.2 Å². The quantitative estimate of drug-likeness (QED) is 0.673. The van der Waals surface area contributed by atoms with E-state index in [2.05, 4.69) is 13.2 Å². The van der Waals surface area contributed by atoms with Crippen LogP contribution in [0.25, 0.3) is 0 Å². The van der Waals surface area contributed by atoms with Crippen LogP contribution in [0.1, 0.15) is 13.8 Å². The Hall–Kier alpha value is -0.680. The van der Waals surface area contributed by atoms with Crippen LogP contribution in [-0.4, -0.2) is 40.4 Å². The third-order valence-corrected chi connectivity index (χ3v) is 2.32. The van der Waals surface area contributed by atoms with Gasteiger partial charge in [-0.1, -0.05) is 12.2 Å². The highest BCUT2D eigenvalue weighted by atomic mass is 16.8. The van der Waals surface area contributed by atoms with E-state index in [-0.39, 0.29) is 0 Å². The maximum absolute atomic E-state index is 9.64. The van der Waals surface area contributed by atoms with Gasteiger partial charge in [0.2, 0.25) is 0 Å². The summed E-state index contributed by atoms with van der Waals surface area (Å²) in [5, 5.41) is 19.3. The first kappa shape index (κ1) is 12.4. The van der Waals surface area contributed by atoms with Crippen molar-refractivity contribution in [1.29, 1.82) is 0 Å². The summed E-state index contributed by atoms with van der Waals surface area (Å²) in [4.78, 5) is 0. The maximum Gasteiger partial charge on any atom is 0.164 e. The molecular weight excluding hydrogens is 196 g/mol. The van der Waals surface area contributed by atoms with Crippen LogP contribution in [0, 0.1) is 0 Å². The van der Waals surface area contributed by atoms with Crippen molar-refractivity contribution in [2.45, 2.75) is 44.1 Å². The summed E-state index contributed by atoms with van der Waals surface area (Å²) in [6.07, 6.45) is -0.259. The summed E-state index contributed by atoms with van der Waals surface area (Å²) >= 11 is 0. The van der Waals surface area contributed by atoms with Crippen molar-refractivity contribution in [3.63, 3.8) is 0 Å². The zero-order valence-corrected chi connectivity index (χ0v) is 9.09. The van der Waals surface area contributed by atoms with Crippen LogP contribution in [0.4, 0.5) is 0 Å². The van der Waals surface area contributed by atoms with E-state index in [9.17, 15) is 10.2 Å². The fraction of sp³-hybridized carbons (Fsp3) is 0.636. The molecule has 15 heavy (non-hydrogen) atoms. The lowest BCUT2D eigenvalue weighted by Gasteiger charge is -2.21. The van der Waals surface area contributed by atoms with Crippen molar-refractivity contribution >= 4 is 0 Å². The second kappa shape index (κ2) is 4.45. The Kier molecular flexibility index (Phi) is 3.67. The highest BCUT2D eigenvalue weighted by Gasteiger charge is 2.46. The SMILES string of the molecule is C=CC(O)C1OC(C)(C)O[C@H]1C(O)C=C. The van der Waals surface area contributed by atoms with Crippen molar-refractivity contribution in [2.75, 3.05) is 0 Å². The highest BCUT2D eigenvalue weighted by Crippen LogP contribution is 2.32. The Balaban J connectivity index is 2.83. The van der Waals surface area contributed by atoms with E-state index in [4.69, 9.17) is 9.47 Å². The molecule has 1 saturated heterocycles. The minimum Gasteiger partial charge on any atom is -0.386 e. The average Bonchev–Trinajstić information content (AvgIpc) is 2.52. The molecule has 1 aliphatic heterocycles. The second-order valence-corrected chi connectivity index (χ2v) is 4.02. The molecule has 0 aliphatic carbocycles. The van der Waals surface area contributed by atoms with E-state index in [1.165, 1.54) is 12.2 Å². The van der Waals surface area contributed by atoms with Crippen LogP contribution >= 0.6 is 0 Å². The summed E-state index contributed by atoms with van der Waals surface area (Å²) in [6, 6.07) is 0. The number of ether oxygens (including phenoxy) is 2. The molecule has 1 heterocycles. The first-order valence-electron chi connectivity index (χ1n) is 4.88. The van der Waals surface area contributed by atoms with Crippen LogP contribution in [0.5, 0.6) is 0 Å². The second-order valence-electron chi connectivity index (χ2n) is 4.02. The highest BCUT2D eigenvalue weighted by molar-refractivity contribution is 5.00. The molecule has 1 rings (SSSR count). The Morgan fingerprint density at radius 2 is 1.40 bits per heavy atom. The molecule has 0 aromatic rings. The van der Waals surface area contributed by atoms with Gasteiger partial charge in [0.05, 0.1) is 0 Å². The number of hydrogen-bond acceptors (Lipinski definition) is 4. The van der Waals surface area contributed by atoms with Gasteiger partial charge in [0.15, 0.2) is 5.79 Å². The van der Waals surface area contributed by atoms with Crippen molar-refractivity contribution in [2.24, 2.45) is 0 Å². The van der Waals surface area contributed by atoms with Crippen LogP contribution < -0.4 is 0 Å². The molecule has 4 heteroatoms. The minimum atomic E-state index is -0.869. The van der Waals surface area contributed by atoms with Gasteiger partial charge in [-0.05, 0) is 13.8 Å². The lowest BCUT2D eigenvalue weighted by atomic mass is 10.0. The first-order valence-corrected chi connectivity index (χ1v) is 4.88. The number of hydrogen-bond donors (Lipinski definition) is 2. The average molecular weight is 214 g/mol. The van der Waals surface area contributed by atoms with Crippen molar-refractivity contribution in [3.8, 4) is 0 Å². The summed E-state index contributed by atoms with van der Waals surface area (Å²) in [7, 11) is 0. The lowest BCUT2D eigenvalue weighted by Crippen LogP contribution is -2.40. The lowest BCUT2D eigenvalue weighted by molar-refractivity contribution is -0.157. The molecule has 2 N–H and O–H groups in total. The number of rotatable bonds is 4. The number of aliphatic hydroxyl groups excluding tert-OH is 2. The standard InChI is InChI=1S/C11H18O4/c1-5-7(12)9-10(8(13)6-2)15-11(3,4)14-9/h5-10,12-13H,1-2H2,3-4H3/t7?,8?,9-,10?/m0/s1. The topological polar surface area (TPSA) is 58.9 Å². The molecule has 0 spiro atoms. The molecule has 86 valence electrons. The molecule has 0 saturated carbocycles. The van der Waals surface area contributed by atoms with E-state index in [0.29, 0.717) is 0 Å². The zero-order valence-electron chi connectivity index (χ0n) is 9.09. The van der Waals surface area contributed by atoms with Crippen LogP contribution in [0.2, 0.25) is 0 Å². The summed E-state index contributed by atoms with van der Waals surface area (Å²) in [6.45, 7) is 10.4. The number of aliphatic hydroxyl groups is 2. The molecule has 1 fully saturated rings. The molecule has 4 nitrogen and oxygen atoms in total. The molecular formula is C11H18O4. The Morgan fingerprint density at radius 3 is 1.67 bits per heavy atom. The van der Waals surface area contributed by atoms with Gasteiger partial charge in [-0.2, -0.15) is 0 Å². The molecule has 0 aromatic heterocycles. The van der Waals surface area contributed by atoms with E-state index in [1.54, 1.807) is 13.8 Å². The fourth-order valence-electron chi connectivity index (χ4n) is 1.61. The van der Waals surface area contributed by atoms with E-state index >= 15 is 0 Å². The molecule has 3 unspecified atom stereocenters. The van der Waals surface area contributed by atoms with E-state index in [0.717, 1.165) is 0 Å². The van der Waals surface area contributed by atoms with Crippen molar-refractivity contribution in [1.82, 2.24) is 0 Å². The van der Waals surface area contributed by atoms with Gasteiger partial charge < -0.3 is 19.7 Å². The normalized spacial score (nSPS) is 33.3. The Morgan fingerprint density at radius 1 is 1.07 bits per heavy atom. The fourth-order valence-corrected chi connectivity index (χ4v) is 1.61. The van der Waals surface area contributed by atoms with Gasteiger partial charge >= 0.3 is 0 Å². The van der Waals surface area contributed by atoms with Crippen LogP contribution in [-0.2, 0) is 9.47 Å². The van der Waals surface area contributed by atoms with Crippen molar-refractivity contribution in [3.05, 3.63) is 25.3 Å². The van der Waals surface area contributed by atoms with E-state index in [1.807, 2.05) is 0 Å². The molecule has 0 amide bonds. The molecule has 0 aromatic carbocycles. The summed E-state index contributed by atoms with van der Waals surface area (Å²) < 4.78 is 11.0. The van der Waals surface area contributed by atoms with Crippen LogP contribution in [0.15, 0.2) is 25.3 Å².